The van der Waals surface area contributed by atoms with Crippen molar-refractivity contribution < 1.29 is 94.1 Å². The van der Waals surface area contributed by atoms with Crippen molar-refractivity contribution in [1.29, 1.82) is 0 Å². The minimum atomic E-state index is -1.89. The largest absolute Gasteiger partial charge is 0.394 e. The Morgan fingerprint density at radius 1 is 0.587 bits per heavy atom. The third-order valence-corrected chi connectivity index (χ3v) is 17.9. The van der Waals surface area contributed by atoms with E-state index in [1.54, 1.807) is 0 Å². The average molecular weight is 905 g/mol. The molecular formula is C44H72O19. The maximum atomic E-state index is 12.0. The molecule has 0 radical (unpaired) electrons. The van der Waals surface area contributed by atoms with E-state index in [2.05, 4.69) is 27.7 Å². The summed E-state index contributed by atoms with van der Waals surface area (Å²) in [6.07, 6.45) is -19.3. The zero-order valence-electron chi connectivity index (χ0n) is 36.6. The Balaban J connectivity index is 0.844. The molecule has 7 unspecified atom stereocenters. The Bertz CT molecular complexity index is 1590. The molecule has 0 aromatic rings. The molecule has 9 fully saturated rings. The molecule has 0 amide bonds. The SMILES string of the molecule is C[C@H]1CCC2(OC1)OC1CC3C4C[C@@H](O)C5C[C@@H](O[C@@H]6O[C@H](CO)[C@H](O[C@@H]7O[C@H](CO)[C@@H](O)[C@H](O[C@H]8OC[C@@H](O)[C@H](O)[C@H]8O)[C@H]7O)[C@H](O)[C@H]6O)[C@H](O)C[C@]5(C)C4CC[C@]3(C)C1[C@@H]2C. The lowest BCUT2D eigenvalue weighted by Crippen LogP contribution is -2.66. The zero-order valence-corrected chi connectivity index (χ0v) is 36.6. The van der Waals surface area contributed by atoms with Gasteiger partial charge in [-0.15, -0.1) is 0 Å². The van der Waals surface area contributed by atoms with Gasteiger partial charge in [0.15, 0.2) is 24.7 Å². The first-order valence-corrected chi connectivity index (χ1v) is 23.4. The second-order valence-corrected chi connectivity index (χ2v) is 21.4. The molecule has 19 heteroatoms. The van der Waals surface area contributed by atoms with Crippen LogP contribution in [0.5, 0.6) is 0 Å². The van der Waals surface area contributed by atoms with Crippen LogP contribution in [-0.4, -0.2) is 199 Å². The van der Waals surface area contributed by atoms with Crippen LogP contribution in [0.2, 0.25) is 0 Å². The van der Waals surface area contributed by atoms with Crippen LogP contribution >= 0.6 is 0 Å². The van der Waals surface area contributed by atoms with E-state index in [0.717, 1.165) is 38.7 Å². The van der Waals surface area contributed by atoms with Gasteiger partial charge in [0.25, 0.3) is 0 Å². The maximum Gasteiger partial charge on any atom is 0.187 e. The van der Waals surface area contributed by atoms with E-state index < -0.39 is 135 Å². The Morgan fingerprint density at radius 2 is 1.27 bits per heavy atom. The van der Waals surface area contributed by atoms with Crippen molar-refractivity contribution in [2.24, 2.45) is 52.3 Å². The lowest BCUT2D eigenvalue weighted by Gasteiger charge is -2.63. The van der Waals surface area contributed by atoms with Gasteiger partial charge in [-0.2, -0.15) is 0 Å². The van der Waals surface area contributed by atoms with E-state index in [4.69, 9.17) is 37.9 Å². The van der Waals surface area contributed by atoms with Crippen molar-refractivity contribution >= 4 is 0 Å². The minimum absolute atomic E-state index is 0.0465. The van der Waals surface area contributed by atoms with Crippen LogP contribution in [-0.2, 0) is 37.9 Å². The first-order valence-electron chi connectivity index (χ1n) is 23.4. The van der Waals surface area contributed by atoms with Crippen molar-refractivity contribution in [1.82, 2.24) is 0 Å². The predicted molar refractivity (Wildman–Crippen MR) is 212 cm³/mol. The van der Waals surface area contributed by atoms with Crippen LogP contribution in [0, 0.1) is 52.3 Å². The van der Waals surface area contributed by atoms with Gasteiger partial charge in [0.2, 0.25) is 0 Å². The number of aliphatic hydroxyl groups is 11. The molecule has 28 atom stereocenters. The van der Waals surface area contributed by atoms with Crippen LogP contribution in [0.15, 0.2) is 0 Å². The molecular weight excluding hydrogens is 832 g/mol. The fourth-order valence-corrected chi connectivity index (χ4v) is 14.5. The lowest BCUT2D eigenvalue weighted by molar-refractivity contribution is -0.380. The summed E-state index contributed by atoms with van der Waals surface area (Å²) >= 11 is 0. The highest BCUT2D eigenvalue weighted by Crippen LogP contribution is 2.71. The van der Waals surface area contributed by atoms with Gasteiger partial charge in [0, 0.05) is 12.3 Å². The van der Waals surface area contributed by atoms with Crippen molar-refractivity contribution in [2.45, 2.75) is 195 Å². The first kappa shape index (κ1) is 47.3. The Morgan fingerprint density at radius 3 is 1.97 bits per heavy atom. The van der Waals surface area contributed by atoms with Crippen LogP contribution in [0.4, 0.5) is 0 Å². The van der Waals surface area contributed by atoms with Crippen molar-refractivity contribution in [3.8, 4) is 0 Å². The summed E-state index contributed by atoms with van der Waals surface area (Å²) in [7, 11) is 0. The normalized spacial score (nSPS) is 59.4. The van der Waals surface area contributed by atoms with Crippen molar-refractivity contribution in [3.05, 3.63) is 0 Å². The third kappa shape index (κ3) is 7.78. The summed E-state index contributed by atoms with van der Waals surface area (Å²) in [4.78, 5) is 0. The number of fused-ring (bicyclic) bond motifs is 7. The highest BCUT2D eigenvalue weighted by atomic mass is 16.8. The molecule has 5 saturated heterocycles. The molecule has 1 spiro atoms. The van der Waals surface area contributed by atoms with Crippen LogP contribution < -0.4 is 0 Å². The highest BCUT2D eigenvalue weighted by molar-refractivity contribution is 5.17. The van der Waals surface area contributed by atoms with E-state index >= 15 is 0 Å². The summed E-state index contributed by atoms with van der Waals surface area (Å²) < 4.78 is 48.0. The minimum Gasteiger partial charge on any atom is -0.394 e. The fourth-order valence-electron chi connectivity index (χ4n) is 14.5. The second-order valence-electron chi connectivity index (χ2n) is 21.4. The molecule has 5 aliphatic heterocycles. The smallest absolute Gasteiger partial charge is 0.187 e. The van der Waals surface area contributed by atoms with E-state index in [-0.39, 0.29) is 41.6 Å². The van der Waals surface area contributed by atoms with Gasteiger partial charge in [0.1, 0.15) is 67.1 Å². The lowest BCUT2D eigenvalue weighted by atomic mass is 9.43. The van der Waals surface area contributed by atoms with E-state index in [1.165, 1.54) is 0 Å². The molecule has 4 aliphatic carbocycles. The molecule has 63 heavy (non-hydrogen) atoms. The topological polar surface area (TPSA) is 296 Å². The standard InChI is InChI=1S/C44H72O19/c1-17-5-8-44(57-15-17)18(2)30-27(63-44)10-21-19-9-23(47)22-11-26(24(48)12-43(22,4)20(19)6-7-42(21,30)3)58-40-35(54)33(52)37(29(14-46)60-40)61-41-36(55)38(32(51)28(13-45)59-41)62-39-34(53)31(50)25(49)16-56-39/h17-41,45-55H,5-16H2,1-4H3/t17-,18-,19?,20?,21?,22?,23+,24+,25+,26+,27?,28+,29+,30?,31-,32+,33+,34+,35+,36+,37-,38-,39+,40+,41-,42-,43+,44?/m0/s1. The quantitative estimate of drug-likeness (QED) is 0.116. The van der Waals surface area contributed by atoms with Crippen LogP contribution in [0.25, 0.3) is 0 Å². The van der Waals surface area contributed by atoms with E-state index in [9.17, 15) is 56.2 Å². The molecule has 0 bridgehead atoms. The van der Waals surface area contributed by atoms with Gasteiger partial charge in [-0.1, -0.05) is 27.7 Å². The molecule has 9 aliphatic rings. The van der Waals surface area contributed by atoms with Crippen LogP contribution in [0.1, 0.15) is 79.1 Å². The Labute approximate surface area is 367 Å². The number of hydrogen-bond acceptors (Lipinski definition) is 19. The predicted octanol–water partition coefficient (Wildman–Crippen LogP) is -2.15. The zero-order chi connectivity index (χ0) is 45.1. The highest BCUT2D eigenvalue weighted by Gasteiger charge is 2.70. The molecule has 9 rings (SSSR count). The van der Waals surface area contributed by atoms with Crippen molar-refractivity contribution in [2.75, 3.05) is 26.4 Å². The van der Waals surface area contributed by atoms with Gasteiger partial charge in [-0.05, 0) is 91.3 Å². The summed E-state index contributed by atoms with van der Waals surface area (Å²) in [5.74, 6) is 1.32. The second kappa shape index (κ2) is 17.6. The van der Waals surface area contributed by atoms with Gasteiger partial charge < -0.3 is 94.1 Å². The monoisotopic (exact) mass is 904 g/mol. The van der Waals surface area contributed by atoms with Crippen LogP contribution in [0.3, 0.4) is 0 Å². The number of hydrogen-bond donors (Lipinski definition) is 11. The molecule has 11 N–H and O–H groups in total. The summed E-state index contributed by atoms with van der Waals surface area (Å²) in [6, 6.07) is 0. The molecule has 19 nitrogen and oxygen atoms in total. The average Bonchev–Trinajstić information content (AvgIpc) is 3.70. The van der Waals surface area contributed by atoms with Gasteiger partial charge in [-0.3, -0.25) is 0 Å². The third-order valence-electron chi connectivity index (χ3n) is 17.9. The number of aliphatic hydroxyl groups excluding tert-OH is 11. The Kier molecular flexibility index (Phi) is 13.2. The van der Waals surface area contributed by atoms with E-state index in [0.29, 0.717) is 30.6 Å². The maximum absolute atomic E-state index is 12.0. The van der Waals surface area contributed by atoms with Gasteiger partial charge in [-0.25, -0.2) is 0 Å². The fraction of sp³-hybridized carbons (Fsp3) is 1.00. The number of ether oxygens (including phenoxy) is 8. The number of rotatable bonds is 8. The summed E-state index contributed by atoms with van der Waals surface area (Å²) in [5, 5.41) is 120. The molecule has 0 aromatic heterocycles. The van der Waals surface area contributed by atoms with E-state index in [1.807, 2.05) is 0 Å². The summed E-state index contributed by atoms with van der Waals surface area (Å²) in [6.45, 7) is 7.91. The van der Waals surface area contributed by atoms with Crippen molar-refractivity contribution in [3.63, 3.8) is 0 Å². The molecule has 5 heterocycles. The first-order chi connectivity index (χ1) is 29.8. The molecule has 362 valence electrons. The molecule has 4 saturated carbocycles. The summed E-state index contributed by atoms with van der Waals surface area (Å²) in [5.41, 5.74) is -0.357. The molecule has 0 aromatic carbocycles. The van der Waals surface area contributed by atoms with Gasteiger partial charge >= 0.3 is 0 Å². The van der Waals surface area contributed by atoms with Gasteiger partial charge in [0.05, 0.1) is 50.8 Å². The Hall–Kier alpha value is -0.760.